The van der Waals surface area contributed by atoms with Gasteiger partial charge < -0.3 is 10.3 Å². The highest BCUT2D eigenvalue weighted by Gasteiger charge is 2.26. The number of rotatable bonds is 2. The van der Waals surface area contributed by atoms with Crippen molar-refractivity contribution in [2.75, 3.05) is 0 Å². The van der Waals surface area contributed by atoms with Gasteiger partial charge in [0.15, 0.2) is 0 Å². The van der Waals surface area contributed by atoms with Crippen LogP contribution in [0, 0.1) is 6.92 Å². The molecule has 0 radical (unpaired) electrons. The molecule has 2 atom stereocenters. The molecule has 0 bridgehead atoms. The lowest BCUT2D eigenvalue weighted by Gasteiger charge is -2.11. The molecule has 1 amide bonds. The van der Waals surface area contributed by atoms with Gasteiger partial charge >= 0.3 is 0 Å². The van der Waals surface area contributed by atoms with E-state index in [0.29, 0.717) is 18.5 Å². The van der Waals surface area contributed by atoms with Gasteiger partial charge in [-0.25, -0.2) is 4.39 Å². The van der Waals surface area contributed by atoms with Gasteiger partial charge in [-0.1, -0.05) is 0 Å². The Balaban J connectivity index is 1.96. The molecule has 0 spiro atoms. The topological polar surface area (TPSA) is 44.9 Å². The number of carbonyl (C=O) groups excluding carboxylic acids is 1. The van der Waals surface area contributed by atoms with Gasteiger partial charge in [0, 0.05) is 12.2 Å². The van der Waals surface area contributed by atoms with Crippen LogP contribution in [0.4, 0.5) is 4.39 Å². The quantitative estimate of drug-likeness (QED) is 0.769. The number of halogens is 1. The Morgan fingerprint density at radius 3 is 2.93 bits per heavy atom. The summed E-state index contributed by atoms with van der Waals surface area (Å²) in [5.41, 5.74) is 1.50. The van der Waals surface area contributed by atoms with Crippen LogP contribution in [0.1, 0.15) is 35.3 Å². The Morgan fingerprint density at radius 2 is 2.40 bits per heavy atom. The van der Waals surface area contributed by atoms with Crippen LogP contribution in [-0.4, -0.2) is 23.1 Å². The van der Waals surface area contributed by atoms with Crippen LogP contribution in [-0.2, 0) is 0 Å². The summed E-state index contributed by atoms with van der Waals surface area (Å²) in [6.45, 7) is 1.87. The number of nitrogens with one attached hydrogen (secondary N) is 2. The van der Waals surface area contributed by atoms with Gasteiger partial charge in [0.05, 0.1) is 0 Å². The van der Waals surface area contributed by atoms with Crippen molar-refractivity contribution < 1.29 is 9.18 Å². The zero-order valence-corrected chi connectivity index (χ0v) is 8.72. The largest absolute Gasteiger partial charge is 0.357 e. The van der Waals surface area contributed by atoms with E-state index in [2.05, 4.69) is 10.3 Å². The normalized spacial score (nSPS) is 25.5. The molecular formula is C11H15FN2O. The smallest absolute Gasteiger partial charge is 0.268 e. The molecule has 1 saturated carbocycles. The Bertz CT molecular complexity index is 361. The van der Waals surface area contributed by atoms with Gasteiger partial charge in [0.2, 0.25) is 0 Å². The first kappa shape index (κ1) is 10.2. The molecule has 0 aromatic carbocycles. The Hall–Kier alpha value is -1.32. The lowest BCUT2D eigenvalue weighted by Crippen LogP contribution is -2.33. The number of aryl methyl sites for hydroxylation is 1. The molecule has 2 rings (SSSR count). The fourth-order valence-electron chi connectivity index (χ4n) is 2.01. The summed E-state index contributed by atoms with van der Waals surface area (Å²) in [6.07, 6.45) is 2.74. The highest BCUT2D eigenvalue weighted by Crippen LogP contribution is 2.22. The molecule has 1 heterocycles. The minimum Gasteiger partial charge on any atom is -0.357 e. The summed E-state index contributed by atoms with van der Waals surface area (Å²) < 4.78 is 12.9. The summed E-state index contributed by atoms with van der Waals surface area (Å²) in [4.78, 5) is 14.6. The van der Waals surface area contributed by atoms with Crippen LogP contribution < -0.4 is 5.32 Å². The molecule has 4 heteroatoms. The molecule has 1 fully saturated rings. The van der Waals surface area contributed by atoms with E-state index in [1.165, 1.54) is 0 Å². The maximum Gasteiger partial charge on any atom is 0.268 e. The number of carbonyl (C=O) groups is 1. The van der Waals surface area contributed by atoms with Crippen LogP contribution in [0.25, 0.3) is 0 Å². The van der Waals surface area contributed by atoms with E-state index >= 15 is 0 Å². The molecular weight excluding hydrogens is 195 g/mol. The lowest BCUT2D eigenvalue weighted by atomic mass is 10.2. The van der Waals surface area contributed by atoms with Gasteiger partial charge in [-0.15, -0.1) is 0 Å². The van der Waals surface area contributed by atoms with Crippen molar-refractivity contribution in [3.63, 3.8) is 0 Å². The van der Waals surface area contributed by atoms with Crippen LogP contribution in [0.5, 0.6) is 0 Å². The monoisotopic (exact) mass is 210 g/mol. The predicted molar refractivity (Wildman–Crippen MR) is 55.5 cm³/mol. The van der Waals surface area contributed by atoms with Crippen molar-refractivity contribution in [3.05, 3.63) is 23.5 Å². The van der Waals surface area contributed by atoms with Crippen LogP contribution in [0.3, 0.4) is 0 Å². The van der Waals surface area contributed by atoms with Crippen molar-refractivity contribution in [2.45, 2.75) is 38.4 Å². The van der Waals surface area contributed by atoms with Crippen molar-refractivity contribution in [1.82, 2.24) is 10.3 Å². The third-order valence-electron chi connectivity index (χ3n) is 2.89. The lowest BCUT2D eigenvalue weighted by molar-refractivity contribution is 0.0931. The van der Waals surface area contributed by atoms with Crippen molar-refractivity contribution >= 4 is 5.91 Å². The molecule has 1 aromatic heterocycles. The average Bonchev–Trinajstić information content (AvgIpc) is 2.75. The molecule has 0 aliphatic heterocycles. The van der Waals surface area contributed by atoms with Crippen LogP contribution in [0.2, 0.25) is 0 Å². The summed E-state index contributed by atoms with van der Waals surface area (Å²) in [5, 5.41) is 2.84. The number of H-pyrrole nitrogens is 1. The van der Waals surface area contributed by atoms with Gasteiger partial charge in [-0.05, 0) is 37.8 Å². The Morgan fingerprint density at radius 1 is 1.60 bits per heavy atom. The van der Waals surface area contributed by atoms with Crippen molar-refractivity contribution in [1.29, 1.82) is 0 Å². The number of amides is 1. The van der Waals surface area contributed by atoms with Crippen LogP contribution >= 0.6 is 0 Å². The summed E-state index contributed by atoms with van der Waals surface area (Å²) in [7, 11) is 0. The fourth-order valence-corrected chi connectivity index (χ4v) is 2.01. The number of hydrogen-bond donors (Lipinski definition) is 2. The highest BCUT2D eigenvalue weighted by atomic mass is 19.1. The second kappa shape index (κ2) is 4.04. The number of alkyl halides is 1. The molecule has 1 aliphatic carbocycles. The number of aromatic amines is 1. The third-order valence-corrected chi connectivity index (χ3v) is 2.89. The summed E-state index contributed by atoms with van der Waals surface area (Å²) in [5.74, 6) is -0.128. The molecule has 0 saturated heterocycles. The minimum absolute atomic E-state index is 0.00444. The Labute approximate surface area is 88.1 Å². The molecule has 2 N–H and O–H groups in total. The van der Waals surface area contributed by atoms with Gasteiger partial charge in [0.1, 0.15) is 11.9 Å². The predicted octanol–water partition coefficient (Wildman–Crippen LogP) is 1.94. The van der Waals surface area contributed by atoms with Gasteiger partial charge in [0.25, 0.3) is 5.91 Å². The van der Waals surface area contributed by atoms with Gasteiger partial charge in [-0.3, -0.25) is 4.79 Å². The number of aromatic nitrogens is 1. The SMILES string of the molecule is Cc1cc[nH]c1C(=O)NC1CCC(F)C1. The summed E-state index contributed by atoms with van der Waals surface area (Å²) >= 11 is 0. The van der Waals surface area contributed by atoms with E-state index < -0.39 is 6.17 Å². The van der Waals surface area contributed by atoms with Crippen molar-refractivity contribution in [3.8, 4) is 0 Å². The van der Waals surface area contributed by atoms with Crippen molar-refractivity contribution in [2.24, 2.45) is 0 Å². The van der Waals surface area contributed by atoms with E-state index in [9.17, 15) is 9.18 Å². The minimum atomic E-state index is -0.750. The molecule has 1 aliphatic rings. The van der Waals surface area contributed by atoms with Gasteiger partial charge in [-0.2, -0.15) is 0 Å². The molecule has 82 valence electrons. The average molecular weight is 210 g/mol. The standard InChI is InChI=1S/C11H15FN2O/c1-7-4-5-13-10(7)11(15)14-9-3-2-8(12)6-9/h4-5,8-9,13H,2-3,6H2,1H3,(H,14,15). The first-order valence-electron chi connectivity index (χ1n) is 5.25. The Kier molecular flexibility index (Phi) is 2.75. The molecule has 2 unspecified atom stereocenters. The third kappa shape index (κ3) is 2.19. The van der Waals surface area contributed by atoms with E-state index in [1.807, 2.05) is 13.0 Å². The summed E-state index contributed by atoms with van der Waals surface area (Å²) in [6, 6.07) is 1.84. The fraction of sp³-hybridized carbons (Fsp3) is 0.545. The number of hydrogen-bond acceptors (Lipinski definition) is 1. The van der Waals surface area contributed by atoms with E-state index in [0.717, 1.165) is 12.0 Å². The molecule has 1 aromatic rings. The zero-order chi connectivity index (χ0) is 10.8. The van der Waals surface area contributed by atoms with E-state index in [-0.39, 0.29) is 11.9 Å². The van der Waals surface area contributed by atoms with E-state index in [1.54, 1.807) is 6.20 Å². The first-order valence-corrected chi connectivity index (χ1v) is 5.25. The van der Waals surface area contributed by atoms with E-state index in [4.69, 9.17) is 0 Å². The second-order valence-corrected chi connectivity index (χ2v) is 4.12. The maximum absolute atomic E-state index is 12.9. The molecule has 15 heavy (non-hydrogen) atoms. The first-order chi connectivity index (χ1) is 7.16. The second-order valence-electron chi connectivity index (χ2n) is 4.12. The zero-order valence-electron chi connectivity index (χ0n) is 8.72. The molecule has 3 nitrogen and oxygen atoms in total. The van der Waals surface area contributed by atoms with Crippen LogP contribution in [0.15, 0.2) is 12.3 Å². The highest BCUT2D eigenvalue weighted by molar-refractivity contribution is 5.94. The maximum atomic E-state index is 12.9.